The van der Waals surface area contributed by atoms with Crippen molar-refractivity contribution < 1.29 is 23.8 Å². The molecule has 0 saturated heterocycles. The fourth-order valence-corrected chi connectivity index (χ4v) is 3.40. The number of carbonyl (C=O) groups is 2. The third-order valence-electron chi connectivity index (χ3n) is 5.04. The Balaban J connectivity index is 1.56. The zero-order valence-corrected chi connectivity index (χ0v) is 17.0. The van der Waals surface area contributed by atoms with Crippen LogP contribution in [0.2, 0.25) is 0 Å². The topological polar surface area (TPSA) is 77.1 Å². The molecular formula is C23H24N2O5. The van der Waals surface area contributed by atoms with Crippen molar-refractivity contribution in [3.63, 3.8) is 0 Å². The molecule has 7 heteroatoms. The SMILES string of the molecule is C=CCN1C(=O)C(C)(C)COc2ccc(NC(=O)C3COc4ccccc4O3)cc21. The number of amides is 2. The molecule has 2 aliphatic heterocycles. The molecule has 2 amide bonds. The second kappa shape index (κ2) is 7.74. The number of hydrogen-bond acceptors (Lipinski definition) is 5. The molecule has 1 N–H and O–H groups in total. The summed E-state index contributed by atoms with van der Waals surface area (Å²) in [5, 5.41) is 2.85. The number of fused-ring (bicyclic) bond motifs is 2. The second-order valence-electron chi connectivity index (χ2n) is 7.91. The summed E-state index contributed by atoms with van der Waals surface area (Å²) in [5.74, 6) is 1.33. The lowest BCUT2D eigenvalue weighted by Crippen LogP contribution is -2.42. The first-order valence-corrected chi connectivity index (χ1v) is 9.78. The van der Waals surface area contributed by atoms with Crippen molar-refractivity contribution >= 4 is 23.2 Å². The van der Waals surface area contributed by atoms with E-state index in [1.54, 1.807) is 41.3 Å². The van der Waals surface area contributed by atoms with Gasteiger partial charge in [0, 0.05) is 12.2 Å². The number of benzene rings is 2. The minimum Gasteiger partial charge on any atom is -0.490 e. The summed E-state index contributed by atoms with van der Waals surface area (Å²) < 4.78 is 17.3. The summed E-state index contributed by atoms with van der Waals surface area (Å²) in [6.45, 7) is 8.17. The van der Waals surface area contributed by atoms with Gasteiger partial charge in [0.15, 0.2) is 11.5 Å². The van der Waals surface area contributed by atoms with Crippen molar-refractivity contribution in [2.75, 3.05) is 30.0 Å². The molecule has 2 heterocycles. The number of nitrogens with zero attached hydrogens (tertiary/aromatic N) is 1. The Hall–Kier alpha value is -3.48. The van der Waals surface area contributed by atoms with Crippen LogP contribution in [-0.4, -0.2) is 37.7 Å². The highest BCUT2D eigenvalue weighted by molar-refractivity contribution is 6.01. The van der Waals surface area contributed by atoms with Gasteiger partial charge in [0.1, 0.15) is 19.0 Å². The molecule has 0 saturated carbocycles. The normalized spacial score (nSPS) is 19.2. The molecule has 30 heavy (non-hydrogen) atoms. The maximum absolute atomic E-state index is 13.0. The first-order valence-electron chi connectivity index (χ1n) is 9.78. The molecule has 0 radical (unpaired) electrons. The van der Waals surface area contributed by atoms with Gasteiger partial charge in [-0.15, -0.1) is 6.58 Å². The summed E-state index contributed by atoms with van der Waals surface area (Å²) in [6, 6.07) is 12.4. The van der Waals surface area contributed by atoms with Crippen LogP contribution in [0.4, 0.5) is 11.4 Å². The molecule has 0 bridgehead atoms. The number of rotatable bonds is 4. The van der Waals surface area contributed by atoms with Gasteiger partial charge in [-0.1, -0.05) is 18.2 Å². The van der Waals surface area contributed by atoms with Gasteiger partial charge >= 0.3 is 0 Å². The van der Waals surface area contributed by atoms with E-state index in [-0.39, 0.29) is 25.0 Å². The molecular weight excluding hydrogens is 384 g/mol. The minimum absolute atomic E-state index is 0.0646. The van der Waals surface area contributed by atoms with Gasteiger partial charge in [-0.2, -0.15) is 0 Å². The standard InChI is InChI=1S/C23H24N2O5/c1-4-11-25-16-12-15(9-10-17(16)29-14-23(2,3)22(25)27)24-21(26)20-13-28-18-7-5-6-8-19(18)30-20/h4-10,12,20H,1,11,13-14H2,2-3H3,(H,24,26). The fraction of sp³-hybridized carbons (Fsp3) is 0.304. The van der Waals surface area contributed by atoms with E-state index in [4.69, 9.17) is 14.2 Å². The Kier molecular flexibility index (Phi) is 5.11. The monoisotopic (exact) mass is 408 g/mol. The van der Waals surface area contributed by atoms with E-state index >= 15 is 0 Å². The third kappa shape index (κ3) is 3.70. The lowest BCUT2D eigenvalue weighted by molar-refractivity contribution is -0.127. The Morgan fingerprint density at radius 1 is 1.20 bits per heavy atom. The Bertz CT molecular complexity index is 1000. The number of anilines is 2. The summed E-state index contributed by atoms with van der Waals surface area (Å²) in [5.41, 5.74) is 0.451. The van der Waals surface area contributed by atoms with Crippen LogP contribution in [0.25, 0.3) is 0 Å². The summed E-state index contributed by atoms with van der Waals surface area (Å²) in [6.07, 6.45) is 0.888. The van der Waals surface area contributed by atoms with Crippen LogP contribution in [0.3, 0.4) is 0 Å². The summed E-state index contributed by atoms with van der Waals surface area (Å²) in [4.78, 5) is 27.4. The van der Waals surface area contributed by atoms with Crippen LogP contribution in [0.5, 0.6) is 17.2 Å². The number of ether oxygens (including phenoxy) is 3. The molecule has 1 unspecified atom stereocenters. The average Bonchev–Trinajstić information content (AvgIpc) is 2.84. The molecule has 2 aromatic carbocycles. The Morgan fingerprint density at radius 2 is 1.97 bits per heavy atom. The van der Waals surface area contributed by atoms with E-state index in [0.717, 1.165) is 0 Å². The molecule has 2 aromatic rings. The maximum atomic E-state index is 13.0. The van der Waals surface area contributed by atoms with E-state index in [2.05, 4.69) is 11.9 Å². The molecule has 4 rings (SSSR count). The fourth-order valence-electron chi connectivity index (χ4n) is 3.40. The van der Waals surface area contributed by atoms with Crippen molar-refractivity contribution in [1.29, 1.82) is 0 Å². The number of para-hydroxylation sites is 2. The number of nitrogens with one attached hydrogen (secondary N) is 1. The summed E-state index contributed by atoms with van der Waals surface area (Å²) >= 11 is 0. The number of carbonyl (C=O) groups excluding carboxylic acids is 2. The average molecular weight is 408 g/mol. The lowest BCUT2D eigenvalue weighted by Gasteiger charge is -2.27. The van der Waals surface area contributed by atoms with Crippen LogP contribution < -0.4 is 24.4 Å². The van der Waals surface area contributed by atoms with Crippen LogP contribution in [0.1, 0.15) is 13.8 Å². The Labute approximate surface area is 175 Å². The van der Waals surface area contributed by atoms with E-state index in [1.807, 2.05) is 26.0 Å². The molecule has 7 nitrogen and oxygen atoms in total. The Morgan fingerprint density at radius 3 is 2.73 bits per heavy atom. The molecule has 1 atom stereocenters. The zero-order chi connectivity index (χ0) is 21.3. The van der Waals surface area contributed by atoms with Crippen LogP contribution in [0, 0.1) is 5.41 Å². The molecule has 0 fully saturated rings. The molecule has 0 spiro atoms. The maximum Gasteiger partial charge on any atom is 0.269 e. The van der Waals surface area contributed by atoms with Gasteiger partial charge in [-0.25, -0.2) is 0 Å². The molecule has 0 aliphatic carbocycles. The van der Waals surface area contributed by atoms with Gasteiger partial charge in [-0.05, 0) is 44.2 Å². The first-order chi connectivity index (χ1) is 14.4. The van der Waals surface area contributed by atoms with E-state index in [0.29, 0.717) is 35.2 Å². The van der Waals surface area contributed by atoms with Crippen molar-refractivity contribution in [3.8, 4) is 17.2 Å². The van der Waals surface area contributed by atoms with Gasteiger partial charge in [0.25, 0.3) is 5.91 Å². The minimum atomic E-state index is -0.778. The summed E-state index contributed by atoms with van der Waals surface area (Å²) in [7, 11) is 0. The van der Waals surface area contributed by atoms with Gasteiger partial charge in [0.2, 0.25) is 12.0 Å². The van der Waals surface area contributed by atoms with Crippen LogP contribution >= 0.6 is 0 Å². The van der Waals surface area contributed by atoms with Gasteiger partial charge in [-0.3, -0.25) is 9.59 Å². The number of hydrogen-bond donors (Lipinski definition) is 1. The van der Waals surface area contributed by atoms with Crippen molar-refractivity contribution in [2.45, 2.75) is 20.0 Å². The van der Waals surface area contributed by atoms with E-state index < -0.39 is 11.5 Å². The quantitative estimate of drug-likeness (QED) is 0.785. The molecule has 156 valence electrons. The van der Waals surface area contributed by atoms with E-state index in [9.17, 15) is 9.59 Å². The predicted molar refractivity (Wildman–Crippen MR) is 113 cm³/mol. The highest BCUT2D eigenvalue weighted by Gasteiger charge is 2.37. The first kappa shape index (κ1) is 19.8. The van der Waals surface area contributed by atoms with Crippen LogP contribution in [0.15, 0.2) is 55.1 Å². The smallest absolute Gasteiger partial charge is 0.269 e. The molecule has 0 aromatic heterocycles. The van der Waals surface area contributed by atoms with Gasteiger partial charge < -0.3 is 24.4 Å². The third-order valence-corrected chi connectivity index (χ3v) is 5.04. The van der Waals surface area contributed by atoms with Crippen molar-refractivity contribution in [2.24, 2.45) is 5.41 Å². The second-order valence-corrected chi connectivity index (χ2v) is 7.91. The van der Waals surface area contributed by atoms with Crippen molar-refractivity contribution in [3.05, 3.63) is 55.1 Å². The zero-order valence-electron chi connectivity index (χ0n) is 17.0. The highest BCUT2D eigenvalue weighted by Crippen LogP contribution is 2.38. The lowest BCUT2D eigenvalue weighted by atomic mass is 9.93. The van der Waals surface area contributed by atoms with E-state index in [1.165, 1.54) is 0 Å². The highest BCUT2D eigenvalue weighted by atomic mass is 16.6. The predicted octanol–water partition coefficient (Wildman–Crippen LogP) is 3.40. The van der Waals surface area contributed by atoms with Crippen molar-refractivity contribution in [1.82, 2.24) is 0 Å². The van der Waals surface area contributed by atoms with Gasteiger partial charge in [0.05, 0.1) is 11.1 Å². The molecule has 2 aliphatic rings. The van der Waals surface area contributed by atoms with Crippen LogP contribution in [-0.2, 0) is 9.59 Å². The largest absolute Gasteiger partial charge is 0.490 e.